The number of pyridine rings is 2. The van der Waals surface area contributed by atoms with Crippen LogP contribution < -0.4 is 0 Å². The maximum atomic E-state index is 11.8. The highest BCUT2D eigenvalue weighted by Crippen LogP contribution is 2.31. The second kappa shape index (κ2) is 9.58. The molecule has 0 saturated carbocycles. The molecular formula is C28H23N3O4. The van der Waals surface area contributed by atoms with E-state index in [2.05, 4.69) is 9.97 Å². The van der Waals surface area contributed by atoms with E-state index in [9.17, 15) is 20.3 Å². The second-order valence-corrected chi connectivity index (χ2v) is 8.51. The molecule has 5 aromatic rings. The summed E-state index contributed by atoms with van der Waals surface area (Å²) in [6.45, 7) is 0. The van der Waals surface area contributed by atoms with E-state index in [1.54, 1.807) is 6.07 Å². The lowest BCUT2D eigenvalue weighted by Crippen LogP contribution is -2.09. The summed E-state index contributed by atoms with van der Waals surface area (Å²) in [6.07, 6.45) is -1.74. The maximum Gasteiger partial charge on any atom is 0.275 e. The van der Waals surface area contributed by atoms with Gasteiger partial charge in [0.25, 0.3) is 5.69 Å². The number of aliphatic hydroxyl groups is 2. The molecule has 2 N–H and O–H groups in total. The van der Waals surface area contributed by atoms with Crippen molar-refractivity contribution in [2.75, 3.05) is 0 Å². The van der Waals surface area contributed by atoms with Crippen molar-refractivity contribution >= 4 is 27.5 Å². The summed E-state index contributed by atoms with van der Waals surface area (Å²) in [7, 11) is 0. The van der Waals surface area contributed by atoms with Gasteiger partial charge in [-0.15, -0.1) is 0 Å². The fourth-order valence-corrected chi connectivity index (χ4v) is 4.28. The number of nitro benzene ring substituents is 1. The van der Waals surface area contributed by atoms with Crippen molar-refractivity contribution in [2.24, 2.45) is 0 Å². The van der Waals surface area contributed by atoms with E-state index in [-0.39, 0.29) is 24.1 Å². The predicted octanol–water partition coefficient (Wildman–Crippen LogP) is 5.24. The molecule has 2 atom stereocenters. The molecule has 0 aliphatic rings. The van der Waals surface area contributed by atoms with Crippen molar-refractivity contribution in [3.63, 3.8) is 0 Å². The summed E-state index contributed by atoms with van der Waals surface area (Å²) in [4.78, 5) is 20.4. The molecule has 5 rings (SSSR count). The van der Waals surface area contributed by atoms with Gasteiger partial charge in [0.1, 0.15) is 0 Å². The van der Waals surface area contributed by atoms with Crippen LogP contribution in [0.3, 0.4) is 0 Å². The zero-order chi connectivity index (χ0) is 24.4. The minimum Gasteiger partial charge on any atom is -0.388 e. The van der Waals surface area contributed by atoms with Gasteiger partial charge in [0.2, 0.25) is 0 Å². The van der Waals surface area contributed by atoms with Crippen LogP contribution in [0.4, 0.5) is 5.69 Å². The van der Waals surface area contributed by atoms with Gasteiger partial charge in [0.05, 0.1) is 33.7 Å². The van der Waals surface area contributed by atoms with E-state index in [0.717, 1.165) is 21.8 Å². The molecule has 0 fully saturated rings. The molecule has 0 spiro atoms. The predicted molar refractivity (Wildman–Crippen MR) is 134 cm³/mol. The third-order valence-corrected chi connectivity index (χ3v) is 6.11. The van der Waals surface area contributed by atoms with Crippen LogP contribution in [0, 0.1) is 10.1 Å². The first-order valence-electron chi connectivity index (χ1n) is 11.3. The molecule has 0 radical (unpaired) electrons. The Bertz CT molecular complexity index is 1540. The molecule has 0 amide bonds. The first-order valence-corrected chi connectivity index (χ1v) is 11.3. The van der Waals surface area contributed by atoms with Crippen molar-refractivity contribution in [1.82, 2.24) is 9.97 Å². The van der Waals surface area contributed by atoms with Crippen molar-refractivity contribution in [3.8, 4) is 0 Å². The Morgan fingerprint density at radius 3 is 1.83 bits per heavy atom. The largest absolute Gasteiger partial charge is 0.388 e. The number of para-hydroxylation sites is 2. The normalized spacial score (nSPS) is 13.1. The molecule has 3 aromatic carbocycles. The Morgan fingerprint density at radius 2 is 1.26 bits per heavy atom. The number of aromatic nitrogens is 2. The van der Waals surface area contributed by atoms with Crippen molar-refractivity contribution in [3.05, 3.63) is 124 Å². The van der Waals surface area contributed by atoms with Crippen LogP contribution >= 0.6 is 0 Å². The molecular weight excluding hydrogens is 442 g/mol. The highest BCUT2D eigenvalue weighted by Gasteiger charge is 2.24. The third-order valence-electron chi connectivity index (χ3n) is 6.11. The molecule has 2 aromatic heterocycles. The van der Waals surface area contributed by atoms with Crippen LogP contribution in [-0.4, -0.2) is 25.1 Å². The van der Waals surface area contributed by atoms with E-state index in [1.807, 2.05) is 72.8 Å². The lowest BCUT2D eigenvalue weighted by molar-refractivity contribution is -0.386. The average molecular weight is 466 g/mol. The molecule has 174 valence electrons. The monoisotopic (exact) mass is 465 g/mol. The molecule has 7 nitrogen and oxygen atoms in total. The highest BCUT2D eigenvalue weighted by atomic mass is 16.6. The highest BCUT2D eigenvalue weighted by molar-refractivity contribution is 5.79. The van der Waals surface area contributed by atoms with Gasteiger partial charge >= 0.3 is 0 Å². The lowest BCUT2D eigenvalue weighted by atomic mass is 9.97. The van der Waals surface area contributed by atoms with Crippen LogP contribution in [0.5, 0.6) is 0 Å². The fraction of sp³-hybridized carbons (Fsp3) is 0.143. The third kappa shape index (κ3) is 4.87. The topological polar surface area (TPSA) is 109 Å². The van der Waals surface area contributed by atoms with E-state index < -0.39 is 17.1 Å². The van der Waals surface area contributed by atoms with E-state index in [4.69, 9.17) is 0 Å². The number of hydrogen-bond acceptors (Lipinski definition) is 6. The minimum absolute atomic E-state index is 0.134. The average Bonchev–Trinajstić information content (AvgIpc) is 2.88. The molecule has 0 aliphatic carbocycles. The van der Waals surface area contributed by atoms with Gasteiger partial charge in [0, 0.05) is 41.1 Å². The number of benzene rings is 3. The van der Waals surface area contributed by atoms with E-state index in [1.165, 1.54) is 12.1 Å². The second-order valence-electron chi connectivity index (χ2n) is 8.51. The first-order chi connectivity index (χ1) is 17.0. The maximum absolute atomic E-state index is 11.8. The summed E-state index contributed by atoms with van der Waals surface area (Å²) in [5, 5.41) is 35.4. The molecule has 2 heterocycles. The van der Waals surface area contributed by atoms with Crippen LogP contribution in [0.1, 0.15) is 34.7 Å². The Hall–Kier alpha value is -4.20. The Labute approximate surface area is 201 Å². The standard InChI is InChI=1S/C28H23N3O4/c32-27(16-21-12-9-18-5-1-3-7-24(18)29-21)20-11-14-23(26(15-20)31(34)35)28(33)17-22-13-10-19-6-2-4-8-25(19)30-22/h1-15,27-28,32-33H,16-17H2/t27-,28-/m1/s1. The number of fused-ring (bicyclic) bond motifs is 2. The zero-order valence-corrected chi connectivity index (χ0v) is 18.8. The molecule has 0 bridgehead atoms. The van der Waals surface area contributed by atoms with Crippen LogP contribution in [0.2, 0.25) is 0 Å². The van der Waals surface area contributed by atoms with E-state index in [0.29, 0.717) is 17.0 Å². The summed E-state index contributed by atoms with van der Waals surface area (Å²) >= 11 is 0. The zero-order valence-electron chi connectivity index (χ0n) is 18.8. The summed E-state index contributed by atoms with van der Waals surface area (Å²) in [5.41, 5.74) is 3.29. The van der Waals surface area contributed by atoms with Crippen LogP contribution in [0.15, 0.2) is 91.0 Å². The lowest BCUT2D eigenvalue weighted by Gasteiger charge is -2.15. The van der Waals surface area contributed by atoms with Crippen LogP contribution in [0.25, 0.3) is 21.8 Å². The number of rotatable bonds is 7. The smallest absolute Gasteiger partial charge is 0.275 e. The minimum atomic E-state index is -1.11. The quantitative estimate of drug-likeness (QED) is 0.251. The number of nitrogens with zero attached hydrogens (tertiary/aromatic N) is 3. The van der Waals surface area contributed by atoms with Gasteiger partial charge in [-0.2, -0.15) is 0 Å². The Kier molecular flexibility index (Phi) is 6.18. The van der Waals surface area contributed by atoms with Gasteiger partial charge < -0.3 is 10.2 Å². The molecule has 7 heteroatoms. The van der Waals surface area contributed by atoms with Gasteiger partial charge in [0.15, 0.2) is 0 Å². The summed E-state index contributed by atoms with van der Waals surface area (Å²) < 4.78 is 0. The molecule has 0 unspecified atom stereocenters. The summed E-state index contributed by atoms with van der Waals surface area (Å²) in [6, 6.07) is 27.3. The number of hydrogen-bond donors (Lipinski definition) is 2. The van der Waals surface area contributed by atoms with Gasteiger partial charge in [-0.05, 0) is 35.9 Å². The van der Waals surface area contributed by atoms with Gasteiger partial charge in [-0.1, -0.05) is 54.6 Å². The van der Waals surface area contributed by atoms with Gasteiger partial charge in [-0.25, -0.2) is 0 Å². The molecule has 0 saturated heterocycles. The van der Waals surface area contributed by atoms with Crippen LogP contribution in [-0.2, 0) is 12.8 Å². The summed E-state index contributed by atoms with van der Waals surface area (Å²) in [5.74, 6) is 0. The van der Waals surface area contributed by atoms with Gasteiger partial charge in [-0.3, -0.25) is 20.1 Å². The van der Waals surface area contributed by atoms with Crippen molar-refractivity contribution in [2.45, 2.75) is 25.0 Å². The Balaban J connectivity index is 1.37. The number of nitro groups is 1. The van der Waals surface area contributed by atoms with E-state index >= 15 is 0 Å². The SMILES string of the molecule is O=[N+]([O-])c1cc([C@H](O)Cc2ccc3ccccc3n2)ccc1[C@H](O)Cc1ccc2ccccc2n1. The molecule has 0 aliphatic heterocycles. The fourth-order valence-electron chi connectivity index (χ4n) is 4.28. The van der Waals surface area contributed by atoms with Crippen molar-refractivity contribution < 1.29 is 15.1 Å². The van der Waals surface area contributed by atoms with Crippen molar-refractivity contribution in [1.29, 1.82) is 0 Å². The first kappa shape index (κ1) is 22.6. The number of aliphatic hydroxyl groups excluding tert-OH is 2. The Morgan fingerprint density at radius 1 is 0.714 bits per heavy atom. The molecule has 35 heavy (non-hydrogen) atoms.